The standard InChI is InChI=1S/C17H17N3O3/c1-4-23-17(21)14-10-18-20-11(2)8-15(19-16(14)20)12-6-5-7-13(9-12)22-3/h5-10H,4H2,1-3H3. The number of aryl methyl sites for hydroxylation is 1. The Labute approximate surface area is 133 Å². The molecule has 0 spiro atoms. The number of rotatable bonds is 4. The molecule has 0 unspecified atom stereocenters. The quantitative estimate of drug-likeness (QED) is 0.693. The second-order valence-corrected chi connectivity index (χ2v) is 5.03. The summed E-state index contributed by atoms with van der Waals surface area (Å²) in [4.78, 5) is 16.6. The van der Waals surface area contributed by atoms with Gasteiger partial charge in [0.25, 0.3) is 0 Å². The van der Waals surface area contributed by atoms with Crippen LogP contribution >= 0.6 is 0 Å². The van der Waals surface area contributed by atoms with Gasteiger partial charge in [0.15, 0.2) is 5.65 Å². The van der Waals surface area contributed by atoms with Gasteiger partial charge in [-0.25, -0.2) is 14.3 Å². The minimum absolute atomic E-state index is 0.310. The zero-order valence-corrected chi connectivity index (χ0v) is 13.2. The second-order valence-electron chi connectivity index (χ2n) is 5.03. The van der Waals surface area contributed by atoms with Crippen molar-refractivity contribution in [2.45, 2.75) is 13.8 Å². The predicted octanol–water partition coefficient (Wildman–Crippen LogP) is 2.89. The third-order valence-electron chi connectivity index (χ3n) is 3.51. The molecule has 0 atom stereocenters. The highest BCUT2D eigenvalue weighted by molar-refractivity contribution is 5.95. The van der Waals surface area contributed by atoms with Crippen LogP contribution in [0.15, 0.2) is 36.5 Å². The number of nitrogens with zero attached hydrogens (tertiary/aromatic N) is 3. The van der Waals surface area contributed by atoms with Crippen molar-refractivity contribution in [2.75, 3.05) is 13.7 Å². The molecule has 3 aromatic rings. The SMILES string of the molecule is CCOC(=O)c1cnn2c(C)cc(-c3cccc(OC)c3)nc12. The number of benzene rings is 1. The summed E-state index contributed by atoms with van der Waals surface area (Å²) in [5, 5.41) is 4.22. The van der Waals surface area contributed by atoms with Crippen molar-refractivity contribution in [2.24, 2.45) is 0 Å². The number of esters is 1. The molecule has 118 valence electrons. The van der Waals surface area contributed by atoms with Gasteiger partial charge < -0.3 is 9.47 Å². The van der Waals surface area contributed by atoms with Crippen LogP contribution in [0.2, 0.25) is 0 Å². The Balaban J connectivity index is 2.15. The van der Waals surface area contributed by atoms with E-state index >= 15 is 0 Å². The molecule has 3 rings (SSSR count). The first-order valence-electron chi connectivity index (χ1n) is 7.31. The fourth-order valence-corrected chi connectivity index (χ4v) is 2.40. The maximum absolute atomic E-state index is 12.0. The highest BCUT2D eigenvalue weighted by atomic mass is 16.5. The smallest absolute Gasteiger partial charge is 0.343 e. The van der Waals surface area contributed by atoms with E-state index in [-0.39, 0.29) is 0 Å². The van der Waals surface area contributed by atoms with Gasteiger partial charge in [0, 0.05) is 11.3 Å². The van der Waals surface area contributed by atoms with Gasteiger partial charge in [-0.15, -0.1) is 0 Å². The first-order chi connectivity index (χ1) is 11.1. The van der Waals surface area contributed by atoms with Crippen LogP contribution in [0.5, 0.6) is 5.75 Å². The number of ether oxygens (including phenoxy) is 2. The van der Waals surface area contributed by atoms with E-state index in [2.05, 4.69) is 10.1 Å². The topological polar surface area (TPSA) is 65.7 Å². The van der Waals surface area contributed by atoms with Gasteiger partial charge in [0.05, 0.1) is 25.6 Å². The Morgan fingerprint density at radius 3 is 2.87 bits per heavy atom. The Morgan fingerprint density at radius 2 is 2.13 bits per heavy atom. The molecule has 0 aliphatic heterocycles. The van der Waals surface area contributed by atoms with Gasteiger partial charge in [-0.3, -0.25) is 0 Å². The number of hydrogen-bond donors (Lipinski definition) is 0. The van der Waals surface area contributed by atoms with Crippen molar-refractivity contribution in [1.29, 1.82) is 0 Å². The van der Waals surface area contributed by atoms with Crippen molar-refractivity contribution >= 4 is 11.6 Å². The third-order valence-corrected chi connectivity index (χ3v) is 3.51. The minimum Gasteiger partial charge on any atom is -0.497 e. The van der Waals surface area contributed by atoms with E-state index in [1.165, 1.54) is 6.20 Å². The lowest BCUT2D eigenvalue weighted by Gasteiger charge is -2.07. The van der Waals surface area contributed by atoms with Crippen molar-refractivity contribution < 1.29 is 14.3 Å². The van der Waals surface area contributed by atoms with Crippen molar-refractivity contribution in [1.82, 2.24) is 14.6 Å². The molecule has 6 nitrogen and oxygen atoms in total. The average molecular weight is 311 g/mol. The zero-order valence-electron chi connectivity index (χ0n) is 13.2. The van der Waals surface area contributed by atoms with Crippen LogP contribution in [0.3, 0.4) is 0 Å². The Bertz CT molecular complexity index is 871. The summed E-state index contributed by atoms with van der Waals surface area (Å²) in [6.45, 7) is 4.00. The molecule has 0 aliphatic rings. The summed E-state index contributed by atoms with van der Waals surface area (Å²) >= 11 is 0. The molecule has 0 N–H and O–H groups in total. The fourth-order valence-electron chi connectivity index (χ4n) is 2.40. The van der Waals surface area contributed by atoms with Crippen LogP contribution in [0.1, 0.15) is 23.0 Å². The van der Waals surface area contributed by atoms with Gasteiger partial charge in [-0.05, 0) is 32.0 Å². The second kappa shape index (κ2) is 6.08. The molecule has 0 radical (unpaired) electrons. The number of hydrogen-bond acceptors (Lipinski definition) is 5. The van der Waals surface area contributed by atoms with Crippen LogP contribution in [0, 0.1) is 6.92 Å². The van der Waals surface area contributed by atoms with E-state index in [0.29, 0.717) is 17.8 Å². The van der Waals surface area contributed by atoms with Gasteiger partial charge >= 0.3 is 5.97 Å². The number of aromatic nitrogens is 3. The lowest BCUT2D eigenvalue weighted by molar-refractivity contribution is 0.0528. The number of fused-ring (bicyclic) bond motifs is 1. The van der Waals surface area contributed by atoms with E-state index in [9.17, 15) is 4.79 Å². The van der Waals surface area contributed by atoms with Crippen LogP contribution in [-0.4, -0.2) is 34.3 Å². The van der Waals surface area contributed by atoms with Crippen LogP contribution < -0.4 is 4.74 Å². The molecular formula is C17H17N3O3. The molecule has 1 aromatic carbocycles. The lowest BCUT2D eigenvalue weighted by Crippen LogP contribution is -2.06. The molecule has 0 bridgehead atoms. The number of carbonyl (C=O) groups is 1. The van der Waals surface area contributed by atoms with E-state index in [4.69, 9.17) is 9.47 Å². The van der Waals surface area contributed by atoms with E-state index in [1.54, 1.807) is 18.5 Å². The molecule has 6 heteroatoms. The maximum Gasteiger partial charge on any atom is 0.343 e. The van der Waals surface area contributed by atoms with Crippen molar-refractivity contribution in [3.63, 3.8) is 0 Å². The van der Waals surface area contributed by atoms with Crippen molar-refractivity contribution in [3.05, 3.63) is 47.8 Å². The monoisotopic (exact) mass is 311 g/mol. The van der Waals surface area contributed by atoms with Crippen molar-refractivity contribution in [3.8, 4) is 17.0 Å². The molecule has 2 aromatic heterocycles. The summed E-state index contributed by atoms with van der Waals surface area (Å²) in [7, 11) is 1.62. The molecule has 0 saturated heterocycles. The summed E-state index contributed by atoms with van der Waals surface area (Å²) in [5.74, 6) is 0.332. The third kappa shape index (κ3) is 2.75. The summed E-state index contributed by atoms with van der Waals surface area (Å²) in [6.07, 6.45) is 1.49. The number of carbonyl (C=O) groups excluding carboxylic acids is 1. The first-order valence-corrected chi connectivity index (χ1v) is 7.31. The maximum atomic E-state index is 12.0. The Hall–Kier alpha value is -2.89. The summed E-state index contributed by atoms with van der Waals surface area (Å²) < 4.78 is 12.0. The number of methoxy groups -OCH3 is 1. The predicted molar refractivity (Wildman–Crippen MR) is 85.7 cm³/mol. The van der Waals surface area contributed by atoms with Gasteiger partial charge in [0.1, 0.15) is 11.3 Å². The van der Waals surface area contributed by atoms with E-state index in [1.807, 2.05) is 37.3 Å². The molecule has 0 amide bonds. The molecule has 0 aliphatic carbocycles. The average Bonchev–Trinajstić information content (AvgIpc) is 2.99. The summed E-state index contributed by atoms with van der Waals surface area (Å²) in [6, 6.07) is 9.54. The largest absolute Gasteiger partial charge is 0.497 e. The van der Waals surface area contributed by atoms with Crippen LogP contribution in [0.4, 0.5) is 0 Å². The molecule has 0 fully saturated rings. The van der Waals surface area contributed by atoms with Gasteiger partial charge in [-0.1, -0.05) is 12.1 Å². The minimum atomic E-state index is -0.419. The normalized spacial score (nSPS) is 10.7. The van der Waals surface area contributed by atoms with Gasteiger partial charge in [-0.2, -0.15) is 5.10 Å². The first kappa shape index (κ1) is 15.0. The Kier molecular flexibility index (Phi) is 3.97. The summed E-state index contributed by atoms with van der Waals surface area (Å²) in [5.41, 5.74) is 3.38. The van der Waals surface area contributed by atoms with E-state index < -0.39 is 5.97 Å². The highest BCUT2D eigenvalue weighted by Crippen LogP contribution is 2.24. The molecule has 23 heavy (non-hydrogen) atoms. The van der Waals surface area contributed by atoms with Crippen LogP contribution in [-0.2, 0) is 4.74 Å². The Morgan fingerprint density at radius 1 is 1.30 bits per heavy atom. The highest BCUT2D eigenvalue weighted by Gasteiger charge is 2.17. The van der Waals surface area contributed by atoms with Gasteiger partial charge in [0.2, 0.25) is 0 Å². The molecule has 2 heterocycles. The zero-order chi connectivity index (χ0) is 16.4. The van der Waals surface area contributed by atoms with Crippen LogP contribution in [0.25, 0.3) is 16.9 Å². The fraction of sp³-hybridized carbons (Fsp3) is 0.235. The molecular weight excluding hydrogens is 294 g/mol. The lowest BCUT2D eigenvalue weighted by atomic mass is 10.1. The molecule has 0 saturated carbocycles. The van der Waals surface area contributed by atoms with E-state index in [0.717, 1.165) is 22.7 Å².